The predicted molar refractivity (Wildman–Crippen MR) is 79.9 cm³/mol. The van der Waals surface area contributed by atoms with Crippen LogP contribution in [-0.4, -0.2) is 31.6 Å². The maximum absolute atomic E-state index is 12.0. The first kappa shape index (κ1) is 16.0. The molecule has 1 aromatic rings. The Labute approximate surface area is 126 Å². The van der Waals surface area contributed by atoms with E-state index < -0.39 is 6.10 Å². The minimum atomic E-state index is -0.548. The van der Waals surface area contributed by atoms with Crippen molar-refractivity contribution >= 4 is 5.97 Å². The lowest BCUT2D eigenvalue weighted by Gasteiger charge is -2.26. The Morgan fingerprint density at radius 2 is 2.14 bits per heavy atom. The second-order valence-electron chi connectivity index (χ2n) is 5.20. The van der Waals surface area contributed by atoms with Crippen molar-refractivity contribution in [1.82, 2.24) is 0 Å². The van der Waals surface area contributed by atoms with Gasteiger partial charge in [-0.1, -0.05) is 30.3 Å². The van der Waals surface area contributed by atoms with E-state index in [1.807, 2.05) is 25.1 Å². The summed E-state index contributed by atoms with van der Waals surface area (Å²) in [5.41, 5.74) is 1.19. The molecule has 0 aromatic heterocycles. The molecule has 0 saturated carbocycles. The van der Waals surface area contributed by atoms with Gasteiger partial charge in [-0.05, 0) is 44.6 Å². The molecule has 2 atom stereocenters. The molecule has 1 aliphatic heterocycles. The van der Waals surface area contributed by atoms with E-state index in [2.05, 4.69) is 12.1 Å². The van der Waals surface area contributed by atoms with E-state index in [4.69, 9.17) is 14.2 Å². The standard InChI is InChI=1S/C17H24O4/c1-2-19-17(18)15(21-16-10-6-7-13-20-16)12-11-14-8-4-3-5-9-14/h3-5,8-9,15-16H,2,6-7,10-13H2,1H3/t15-,16-/m0/s1. The normalized spacial score (nSPS) is 20.0. The van der Waals surface area contributed by atoms with Gasteiger partial charge in [-0.25, -0.2) is 4.79 Å². The van der Waals surface area contributed by atoms with E-state index in [0.29, 0.717) is 19.6 Å². The first-order chi connectivity index (χ1) is 10.3. The van der Waals surface area contributed by atoms with Gasteiger partial charge in [0.15, 0.2) is 12.4 Å². The molecule has 4 heteroatoms. The highest BCUT2D eigenvalue weighted by Crippen LogP contribution is 2.18. The van der Waals surface area contributed by atoms with Crippen LogP contribution in [0.5, 0.6) is 0 Å². The fraction of sp³-hybridized carbons (Fsp3) is 0.588. The molecule has 1 fully saturated rings. The van der Waals surface area contributed by atoms with E-state index in [9.17, 15) is 4.79 Å². The summed E-state index contributed by atoms with van der Waals surface area (Å²) in [7, 11) is 0. The lowest BCUT2D eigenvalue weighted by Crippen LogP contribution is -2.34. The number of esters is 1. The molecule has 0 unspecified atom stereocenters. The Balaban J connectivity index is 1.89. The van der Waals surface area contributed by atoms with Gasteiger partial charge in [0.1, 0.15) is 0 Å². The molecule has 1 aliphatic rings. The SMILES string of the molecule is CCOC(=O)[C@H](CCc1ccccc1)O[C@H]1CCCCO1. The van der Waals surface area contributed by atoms with Crippen molar-refractivity contribution in [3.63, 3.8) is 0 Å². The molecule has 1 saturated heterocycles. The van der Waals surface area contributed by atoms with E-state index in [0.717, 1.165) is 25.7 Å². The van der Waals surface area contributed by atoms with Crippen LogP contribution in [0.3, 0.4) is 0 Å². The smallest absolute Gasteiger partial charge is 0.335 e. The third-order valence-corrected chi connectivity index (χ3v) is 3.54. The van der Waals surface area contributed by atoms with Crippen LogP contribution >= 0.6 is 0 Å². The quantitative estimate of drug-likeness (QED) is 0.724. The van der Waals surface area contributed by atoms with Crippen molar-refractivity contribution < 1.29 is 19.0 Å². The summed E-state index contributed by atoms with van der Waals surface area (Å²) in [6, 6.07) is 10.1. The zero-order valence-electron chi connectivity index (χ0n) is 12.6. The summed E-state index contributed by atoms with van der Waals surface area (Å²) in [6.07, 6.45) is 3.57. The zero-order valence-corrected chi connectivity index (χ0v) is 12.6. The molecular weight excluding hydrogens is 268 g/mol. The van der Waals surface area contributed by atoms with Crippen LogP contribution in [0.4, 0.5) is 0 Å². The average molecular weight is 292 g/mol. The van der Waals surface area contributed by atoms with E-state index in [-0.39, 0.29) is 12.3 Å². The fourth-order valence-electron chi connectivity index (χ4n) is 2.42. The summed E-state index contributed by atoms with van der Waals surface area (Å²) in [4.78, 5) is 12.0. The van der Waals surface area contributed by atoms with Crippen molar-refractivity contribution in [2.45, 2.75) is 51.4 Å². The average Bonchev–Trinajstić information content (AvgIpc) is 2.53. The topological polar surface area (TPSA) is 44.8 Å². The maximum atomic E-state index is 12.0. The molecule has 0 radical (unpaired) electrons. The number of hydrogen-bond acceptors (Lipinski definition) is 4. The molecule has 116 valence electrons. The van der Waals surface area contributed by atoms with E-state index >= 15 is 0 Å². The molecule has 0 aliphatic carbocycles. The number of aryl methyl sites for hydroxylation is 1. The summed E-state index contributed by atoms with van der Waals surface area (Å²) < 4.78 is 16.5. The molecule has 0 spiro atoms. The highest BCUT2D eigenvalue weighted by atomic mass is 16.7. The van der Waals surface area contributed by atoms with E-state index in [1.54, 1.807) is 0 Å². The van der Waals surface area contributed by atoms with Gasteiger partial charge in [0.05, 0.1) is 6.61 Å². The van der Waals surface area contributed by atoms with Gasteiger partial charge in [-0.15, -0.1) is 0 Å². The van der Waals surface area contributed by atoms with Crippen LogP contribution in [0.2, 0.25) is 0 Å². The summed E-state index contributed by atoms with van der Waals surface area (Å²) in [5.74, 6) is -0.289. The molecule has 0 N–H and O–H groups in total. The molecular formula is C17H24O4. The Morgan fingerprint density at radius 1 is 1.33 bits per heavy atom. The summed E-state index contributed by atoms with van der Waals surface area (Å²) in [5, 5.41) is 0. The van der Waals surface area contributed by atoms with Crippen molar-refractivity contribution in [2.24, 2.45) is 0 Å². The van der Waals surface area contributed by atoms with Gasteiger partial charge in [0.25, 0.3) is 0 Å². The second kappa shape index (κ2) is 8.80. The van der Waals surface area contributed by atoms with Gasteiger partial charge in [-0.3, -0.25) is 0 Å². The Morgan fingerprint density at radius 3 is 2.81 bits per heavy atom. The van der Waals surface area contributed by atoms with Gasteiger partial charge in [0.2, 0.25) is 0 Å². The molecule has 0 amide bonds. The highest BCUT2D eigenvalue weighted by molar-refractivity contribution is 5.74. The number of ether oxygens (including phenoxy) is 3. The van der Waals surface area contributed by atoms with Crippen LogP contribution in [0.25, 0.3) is 0 Å². The predicted octanol–water partition coefficient (Wildman–Crippen LogP) is 3.09. The van der Waals surface area contributed by atoms with Crippen LogP contribution in [-0.2, 0) is 25.4 Å². The summed E-state index contributed by atoms with van der Waals surface area (Å²) >= 11 is 0. The zero-order chi connectivity index (χ0) is 14.9. The second-order valence-corrected chi connectivity index (χ2v) is 5.20. The minimum absolute atomic E-state index is 0.274. The van der Waals surface area contributed by atoms with Crippen LogP contribution in [0, 0.1) is 0 Å². The molecule has 1 aromatic carbocycles. The number of hydrogen-bond donors (Lipinski definition) is 0. The first-order valence-electron chi connectivity index (χ1n) is 7.77. The molecule has 21 heavy (non-hydrogen) atoms. The lowest BCUT2D eigenvalue weighted by molar-refractivity contribution is -0.204. The third-order valence-electron chi connectivity index (χ3n) is 3.54. The molecule has 2 rings (SSSR count). The van der Waals surface area contributed by atoms with Crippen LogP contribution in [0.1, 0.15) is 38.2 Å². The Bertz CT molecular complexity index is 412. The highest BCUT2D eigenvalue weighted by Gasteiger charge is 2.26. The van der Waals surface area contributed by atoms with Crippen LogP contribution in [0.15, 0.2) is 30.3 Å². The number of rotatable bonds is 7. The molecule has 4 nitrogen and oxygen atoms in total. The molecule has 1 heterocycles. The Hall–Kier alpha value is -1.39. The van der Waals surface area contributed by atoms with Gasteiger partial charge in [0, 0.05) is 6.61 Å². The van der Waals surface area contributed by atoms with Gasteiger partial charge >= 0.3 is 5.97 Å². The van der Waals surface area contributed by atoms with Crippen molar-refractivity contribution in [3.05, 3.63) is 35.9 Å². The van der Waals surface area contributed by atoms with Gasteiger partial charge in [-0.2, -0.15) is 0 Å². The first-order valence-corrected chi connectivity index (χ1v) is 7.77. The van der Waals surface area contributed by atoms with E-state index in [1.165, 1.54) is 5.56 Å². The Kier molecular flexibility index (Phi) is 6.70. The number of carbonyl (C=O) groups excluding carboxylic acids is 1. The van der Waals surface area contributed by atoms with Crippen molar-refractivity contribution in [2.75, 3.05) is 13.2 Å². The minimum Gasteiger partial charge on any atom is -0.464 e. The monoisotopic (exact) mass is 292 g/mol. The lowest BCUT2D eigenvalue weighted by atomic mass is 10.1. The fourth-order valence-corrected chi connectivity index (χ4v) is 2.42. The number of carbonyl (C=O) groups is 1. The maximum Gasteiger partial charge on any atom is 0.335 e. The summed E-state index contributed by atoms with van der Waals surface area (Å²) in [6.45, 7) is 2.89. The number of benzene rings is 1. The van der Waals surface area contributed by atoms with Gasteiger partial charge < -0.3 is 14.2 Å². The largest absolute Gasteiger partial charge is 0.464 e. The van der Waals surface area contributed by atoms with Crippen molar-refractivity contribution in [1.29, 1.82) is 0 Å². The third kappa shape index (κ3) is 5.48. The molecule has 0 bridgehead atoms. The van der Waals surface area contributed by atoms with Crippen LogP contribution < -0.4 is 0 Å². The van der Waals surface area contributed by atoms with Crippen molar-refractivity contribution in [3.8, 4) is 0 Å².